The minimum Gasteiger partial charge on any atom is -0.465 e. The van der Waals surface area contributed by atoms with Crippen LogP contribution in [-0.2, 0) is 6.54 Å². The molecule has 1 aliphatic rings. The number of nitrogens with zero attached hydrogens (tertiary/aromatic N) is 2. The summed E-state index contributed by atoms with van der Waals surface area (Å²) >= 11 is 0. The highest BCUT2D eigenvalue weighted by Crippen LogP contribution is 2.30. The van der Waals surface area contributed by atoms with Gasteiger partial charge >= 0.3 is 0 Å². The Morgan fingerprint density at radius 1 is 1.44 bits per heavy atom. The Labute approximate surface area is 96.7 Å². The number of hydrogen-bond donors (Lipinski definition) is 0. The van der Waals surface area contributed by atoms with E-state index in [1.165, 1.54) is 0 Å². The second-order valence-electron chi connectivity index (χ2n) is 4.96. The summed E-state index contributed by atoms with van der Waals surface area (Å²) in [5.41, 5.74) is -0.115. The Balaban J connectivity index is 1.89. The molecular weight excluding hydrogens is 200 g/mol. The second-order valence-corrected chi connectivity index (χ2v) is 4.96. The third-order valence-corrected chi connectivity index (χ3v) is 3.40. The van der Waals surface area contributed by atoms with Crippen LogP contribution in [0.1, 0.15) is 31.3 Å². The maximum absolute atomic E-state index is 9.04. The Hall–Kier alpha value is -1.27. The molecule has 2 rings (SSSR count). The van der Waals surface area contributed by atoms with Crippen LogP contribution in [0.15, 0.2) is 16.5 Å². The Kier molecular flexibility index (Phi) is 3.02. The molecule has 0 aromatic carbocycles. The fraction of sp³-hybridized carbons (Fsp3) is 0.615. The van der Waals surface area contributed by atoms with Gasteiger partial charge in [-0.1, -0.05) is 0 Å². The van der Waals surface area contributed by atoms with Crippen molar-refractivity contribution in [2.24, 2.45) is 5.41 Å². The lowest BCUT2D eigenvalue weighted by Crippen LogP contribution is -2.37. The van der Waals surface area contributed by atoms with E-state index in [0.29, 0.717) is 0 Å². The predicted molar refractivity (Wildman–Crippen MR) is 61.7 cm³/mol. The average molecular weight is 218 g/mol. The molecule has 3 heteroatoms. The lowest BCUT2D eigenvalue weighted by molar-refractivity contribution is 0.141. The molecule has 16 heavy (non-hydrogen) atoms. The van der Waals surface area contributed by atoms with Gasteiger partial charge in [-0.25, -0.2) is 0 Å². The van der Waals surface area contributed by atoms with Crippen molar-refractivity contribution in [1.82, 2.24) is 4.90 Å². The van der Waals surface area contributed by atoms with Gasteiger partial charge in [0.25, 0.3) is 0 Å². The van der Waals surface area contributed by atoms with E-state index in [2.05, 4.69) is 17.9 Å². The molecular formula is C13H18N2O. The van der Waals surface area contributed by atoms with Gasteiger partial charge in [0.05, 0.1) is 18.0 Å². The maximum atomic E-state index is 9.04. The molecule has 1 aromatic heterocycles. The molecule has 0 spiro atoms. The van der Waals surface area contributed by atoms with E-state index in [1.54, 1.807) is 0 Å². The predicted octanol–water partition coefficient (Wildman–Crippen LogP) is 2.71. The molecule has 2 heterocycles. The third-order valence-electron chi connectivity index (χ3n) is 3.40. The minimum absolute atomic E-state index is 0.115. The van der Waals surface area contributed by atoms with Gasteiger partial charge in [-0.2, -0.15) is 5.26 Å². The quantitative estimate of drug-likeness (QED) is 0.766. The zero-order valence-corrected chi connectivity index (χ0v) is 9.99. The summed E-state index contributed by atoms with van der Waals surface area (Å²) < 4.78 is 5.56. The van der Waals surface area contributed by atoms with E-state index in [9.17, 15) is 0 Å². The smallest absolute Gasteiger partial charge is 0.118 e. The first-order valence-corrected chi connectivity index (χ1v) is 5.80. The van der Waals surface area contributed by atoms with E-state index >= 15 is 0 Å². The van der Waals surface area contributed by atoms with Crippen LogP contribution in [0, 0.1) is 23.7 Å². The summed E-state index contributed by atoms with van der Waals surface area (Å²) in [5, 5.41) is 9.04. The number of aryl methyl sites for hydroxylation is 1. The Morgan fingerprint density at radius 2 is 2.12 bits per heavy atom. The minimum atomic E-state index is -0.115. The van der Waals surface area contributed by atoms with Crippen molar-refractivity contribution in [2.75, 3.05) is 13.1 Å². The van der Waals surface area contributed by atoms with Crippen molar-refractivity contribution < 1.29 is 4.42 Å². The molecule has 0 unspecified atom stereocenters. The van der Waals surface area contributed by atoms with Crippen molar-refractivity contribution >= 4 is 0 Å². The van der Waals surface area contributed by atoms with Crippen LogP contribution in [0.5, 0.6) is 0 Å². The van der Waals surface area contributed by atoms with E-state index in [1.807, 2.05) is 19.1 Å². The molecule has 1 saturated heterocycles. The normalized spacial score (nSPS) is 20.6. The number of rotatable bonds is 2. The summed E-state index contributed by atoms with van der Waals surface area (Å²) in [6, 6.07) is 6.45. The Morgan fingerprint density at radius 3 is 2.62 bits per heavy atom. The van der Waals surface area contributed by atoms with Crippen molar-refractivity contribution in [2.45, 2.75) is 33.2 Å². The van der Waals surface area contributed by atoms with E-state index in [4.69, 9.17) is 9.68 Å². The first-order chi connectivity index (χ1) is 7.61. The van der Waals surface area contributed by atoms with Crippen LogP contribution < -0.4 is 0 Å². The molecule has 0 amide bonds. The van der Waals surface area contributed by atoms with Gasteiger partial charge in [-0.05, 0) is 38.8 Å². The van der Waals surface area contributed by atoms with Crippen LogP contribution in [0.2, 0.25) is 0 Å². The molecule has 3 nitrogen and oxygen atoms in total. The summed E-state index contributed by atoms with van der Waals surface area (Å²) in [5.74, 6) is 1.99. The van der Waals surface area contributed by atoms with E-state index < -0.39 is 0 Å². The zero-order valence-electron chi connectivity index (χ0n) is 9.99. The van der Waals surface area contributed by atoms with Gasteiger partial charge in [0, 0.05) is 13.1 Å². The van der Waals surface area contributed by atoms with Gasteiger partial charge in [-0.15, -0.1) is 0 Å². The number of hydrogen-bond acceptors (Lipinski definition) is 3. The van der Waals surface area contributed by atoms with E-state index in [-0.39, 0.29) is 5.41 Å². The first-order valence-electron chi connectivity index (χ1n) is 5.80. The monoisotopic (exact) mass is 218 g/mol. The molecule has 86 valence electrons. The van der Waals surface area contributed by atoms with Crippen molar-refractivity contribution in [3.8, 4) is 6.07 Å². The SMILES string of the molecule is Cc1ccc(CN2CCC(C)(C#N)CC2)o1. The molecule has 0 radical (unpaired) electrons. The highest BCUT2D eigenvalue weighted by atomic mass is 16.3. The van der Waals surface area contributed by atoms with Crippen LogP contribution in [0.3, 0.4) is 0 Å². The molecule has 0 atom stereocenters. The second kappa shape index (κ2) is 4.31. The third kappa shape index (κ3) is 2.45. The lowest BCUT2D eigenvalue weighted by atomic mass is 9.82. The molecule has 0 N–H and O–H groups in total. The van der Waals surface area contributed by atoms with Gasteiger partial charge in [-0.3, -0.25) is 4.90 Å². The number of furan rings is 1. The highest BCUT2D eigenvalue weighted by molar-refractivity contribution is 5.06. The number of likely N-dealkylation sites (tertiary alicyclic amines) is 1. The van der Waals surface area contributed by atoms with E-state index in [0.717, 1.165) is 44.0 Å². The fourth-order valence-electron chi connectivity index (χ4n) is 2.11. The van der Waals surface area contributed by atoms with Gasteiger partial charge < -0.3 is 4.42 Å². The molecule has 1 aromatic rings. The number of nitriles is 1. The largest absolute Gasteiger partial charge is 0.465 e. The summed E-state index contributed by atoms with van der Waals surface area (Å²) in [6.45, 7) is 6.87. The van der Waals surface area contributed by atoms with Crippen LogP contribution >= 0.6 is 0 Å². The zero-order chi connectivity index (χ0) is 11.6. The van der Waals surface area contributed by atoms with Crippen LogP contribution in [-0.4, -0.2) is 18.0 Å². The van der Waals surface area contributed by atoms with Gasteiger partial charge in [0.2, 0.25) is 0 Å². The first kappa shape index (κ1) is 11.2. The lowest BCUT2D eigenvalue weighted by Gasteiger charge is -2.34. The molecule has 1 fully saturated rings. The van der Waals surface area contributed by atoms with Crippen LogP contribution in [0.4, 0.5) is 0 Å². The fourth-order valence-corrected chi connectivity index (χ4v) is 2.11. The molecule has 0 aliphatic carbocycles. The molecule has 1 aliphatic heterocycles. The summed E-state index contributed by atoms with van der Waals surface area (Å²) in [4.78, 5) is 2.36. The van der Waals surface area contributed by atoms with Crippen molar-refractivity contribution in [3.05, 3.63) is 23.7 Å². The van der Waals surface area contributed by atoms with Crippen LogP contribution in [0.25, 0.3) is 0 Å². The summed E-state index contributed by atoms with van der Waals surface area (Å²) in [6.07, 6.45) is 1.92. The summed E-state index contributed by atoms with van der Waals surface area (Å²) in [7, 11) is 0. The number of piperidine rings is 1. The topological polar surface area (TPSA) is 40.2 Å². The van der Waals surface area contributed by atoms with Crippen molar-refractivity contribution in [3.63, 3.8) is 0 Å². The maximum Gasteiger partial charge on any atom is 0.118 e. The molecule has 0 saturated carbocycles. The van der Waals surface area contributed by atoms with Gasteiger partial charge in [0.1, 0.15) is 11.5 Å². The standard InChI is InChI=1S/C13H18N2O/c1-11-3-4-12(16-11)9-15-7-5-13(2,10-14)6-8-15/h3-4H,5-9H2,1-2H3. The van der Waals surface area contributed by atoms with Gasteiger partial charge in [0.15, 0.2) is 0 Å². The highest BCUT2D eigenvalue weighted by Gasteiger charge is 2.29. The average Bonchev–Trinajstić information content (AvgIpc) is 2.68. The molecule has 0 bridgehead atoms. The Bertz CT molecular complexity index is 394. The van der Waals surface area contributed by atoms with Crippen molar-refractivity contribution in [1.29, 1.82) is 5.26 Å².